The van der Waals surface area contributed by atoms with Crippen molar-refractivity contribution in [3.05, 3.63) is 46.5 Å². The summed E-state index contributed by atoms with van der Waals surface area (Å²) in [5.41, 5.74) is 2.75. The Morgan fingerprint density at radius 2 is 1.44 bits per heavy atom. The van der Waals surface area contributed by atoms with Crippen molar-refractivity contribution in [3.63, 3.8) is 0 Å². The van der Waals surface area contributed by atoms with Gasteiger partial charge < -0.3 is 0 Å². The van der Waals surface area contributed by atoms with Crippen LogP contribution in [0.3, 0.4) is 0 Å². The second-order valence-electron chi connectivity index (χ2n) is 7.92. The van der Waals surface area contributed by atoms with Crippen molar-refractivity contribution < 1.29 is 8.78 Å². The lowest BCUT2D eigenvalue weighted by Crippen LogP contribution is -2.25. The third-order valence-electron chi connectivity index (χ3n) is 6.59. The van der Waals surface area contributed by atoms with Gasteiger partial charge in [0.1, 0.15) is 11.6 Å². The maximum atomic E-state index is 14.1. The van der Waals surface area contributed by atoms with Crippen LogP contribution in [0, 0.1) is 29.4 Å². The van der Waals surface area contributed by atoms with Crippen molar-refractivity contribution in [2.45, 2.75) is 70.6 Å². The molecule has 0 unspecified atom stereocenters. The van der Waals surface area contributed by atoms with Crippen LogP contribution in [0.4, 0.5) is 8.78 Å². The Morgan fingerprint density at radius 1 is 0.920 bits per heavy atom. The summed E-state index contributed by atoms with van der Waals surface area (Å²) in [6.45, 7) is 1.80. The maximum absolute atomic E-state index is 14.1. The van der Waals surface area contributed by atoms with E-state index in [0.717, 1.165) is 30.2 Å². The lowest BCUT2D eigenvalue weighted by molar-refractivity contribution is 0.171. The first-order valence-electron chi connectivity index (χ1n) is 9.87. The second-order valence-corrected chi connectivity index (χ2v) is 8.17. The van der Waals surface area contributed by atoms with Crippen LogP contribution < -0.4 is 0 Å². The van der Waals surface area contributed by atoms with E-state index >= 15 is 0 Å². The van der Waals surface area contributed by atoms with Gasteiger partial charge in [0.15, 0.2) is 0 Å². The van der Waals surface area contributed by atoms with Gasteiger partial charge in [-0.25, -0.2) is 8.78 Å². The molecule has 2 aliphatic rings. The van der Waals surface area contributed by atoms with Gasteiger partial charge in [-0.2, -0.15) is 0 Å². The summed E-state index contributed by atoms with van der Waals surface area (Å²) in [6, 6.07) is 3.16. The smallest absolute Gasteiger partial charge is 0.129 e. The Kier molecular flexibility index (Phi) is 6.55. The number of hydrogen-bond donors (Lipinski definition) is 0. The van der Waals surface area contributed by atoms with Crippen molar-refractivity contribution in [2.75, 3.05) is 0 Å². The highest BCUT2D eigenvalue weighted by atomic mass is 35.5. The quantitative estimate of drug-likeness (QED) is 0.522. The number of rotatable bonds is 4. The average Bonchev–Trinajstić information content (AvgIpc) is 2.62. The molecule has 1 aromatic carbocycles. The standard InChI is InChI=1S/C22H29ClF2/c1-2-20-21(24)13-19(14-22(20)25)18-9-7-17(8-10-18)16-5-3-15(4-6-16)11-12-23/h11-18H,2-10H2,1H3/b12-11+. The molecular formula is C22H29ClF2. The molecule has 3 heteroatoms. The van der Waals surface area contributed by atoms with E-state index in [2.05, 4.69) is 6.08 Å². The molecule has 0 aliphatic heterocycles. The fraction of sp³-hybridized carbons (Fsp3) is 0.636. The van der Waals surface area contributed by atoms with E-state index in [1.165, 1.54) is 38.5 Å². The largest absolute Gasteiger partial charge is 0.207 e. The van der Waals surface area contributed by atoms with Gasteiger partial charge in [-0.3, -0.25) is 0 Å². The van der Waals surface area contributed by atoms with Crippen LogP contribution in [0.5, 0.6) is 0 Å². The SMILES string of the molecule is CCc1c(F)cc(C2CCC(C3CCC(/C=C/Cl)CC3)CC2)cc1F. The molecule has 2 saturated carbocycles. The number of halogens is 3. The van der Waals surface area contributed by atoms with Crippen molar-refractivity contribution in [3.8, 4) is 0 Å². The molecule has 0 aromatic heterocycles. The second kappa shape index (κ2) is 8.66. The van der Waals surface area contributed by atoms with Gasteiger partial charge in [-0.15, -0.1) is 0 Å². The lowest BCUT2D eigenvalue weighted by atomic mass is 9.68. The van der Waals surface area contributed by atoms with Gasteiger partial charge >= 0.3 is 0 Å². The minimum atomic E-state index is -0.370. The molecule has 0 atom stereocenters. The molecule has 0 radical (unpaired) electrons. The summed E-state index contributed by atoms with van der Waals surface area (Å²) in [5, 5.41) is 0. The molecule has 25 heavy (non-hydrogen) atoms. The highest BCUT2D eigenvalue weighted by molar-refractivity contribution is 6.25. The van der Waals surface area contributed by atoms with Crippen LogP contribution in [0.15, 0.2) is 23.7 Å². The van der Waals surface area contributed by atoms with Crippen LogP contribution in [-0.4, -0.2) is 0 Å². The Balaban J connectivity index is 1.56. The normalized spacial score (nSPS) is 30.7. The molecule has 2 aliphatic carbocycles. The Labute approximate surface area is 155 Å². The summed E-state index contributed by atoms with van der Waals surface area (Å²) in [7, 11) is 0. The van der Waals surface area contributed by atoms with Crippen LogP contribution in [-0.2, 0) is 6.42 Å². The molecule has 3 rings (SSSR count). The summed E-state index contributed by atoms with van der Waals surface area (Å²) >= 11 is 5.70. The number of benzene rings is 1. The zero-order valence-corrected chi connectivity index (χ0v) is 15.9. The predicted molar refractivity (Wildman–Crippen MR) is 101 cm³/mol. The molecule has 0 amide bonds. The van der Waals surface area contributed by atoms with Gasteiger partial charge in [0.2, 0.25) is 0 Å². The summed E-state index contributed by atoms with van der Waals surface area (Å²) in [5.74, 6) is 1.86. The number of hydrogen-bond acceptors (Lipinski definition) is 0. The van der Waals surface area contributed by atoms with Crippen molar-refractivity contribution >= 4 is 11.6 Å². The average molecular weight is 367 g/mol. The zero-order chi connectivity index (χ0) is 17.8. The van der Waals surface area contributed by atoms with E-state index in [1.807, 2.05) is 0 Å². The first-order valence-corrected chi connectivity index (χ1v) is 10.3. The lowest BCUT2D eigenvalue weighted by Gasteiger charge is -2.37. The predicted octanol–water partition coefficient (Wildman–Crippen LogP) is 7.36. The van der Waals surface area contributed by atoms with E-state index in [1.54, 1.807) is 24.6 Å². The summed E-state index contributed by atoms with van der Waals surface area (Å²) in [6.07, 6.45) is 12.2. The third-order valence-corrected chi connectivity index (χ3v) is 6.73. The molecule has 1 aromatic rings. The first-order chi connectivity index (χ1) is 12.1. The van der Waals surface area contributed by atoms with Crippen molar-refractivity contribution in [1.29, 1.82) is 0 Å². The Hall–Kier alpha value is -0.890. The Bertz CT molecular complexity index is 571. The maximum Gasteiger partial charge on any atom is 0.129 e. The molecule has 138 valence electrons. The minimum Gasteiger partial charge on any atom is -0.207 e. The van der Waals surface area contributed by atoms with Crippen molar-refractivity contribution in [1.82, 2.24) is 0 Å². The molecule has 0 N–H and O–H groups in total. The topological polar surface area (TPSA) is 0 Å². The van der Waals surface area contributed by atoms with Crippen LogP contribution in [0.1, 0.15) is 75.3 Å². The van der Waals surface area contributed by atoms with Gasteiger partial charge in [0.05, 0.1) is 0 Å². The fourth-order valence-electron chi connectivity index (χ4n) is 5.03. The van der Waals surface area contributed by atoms with Gasteiger partial charge in [0, 0.05) is 11.1 Å². The monoisotopic (exact) mass is 366 g/mol. The zero-order valence-electron chi connectivity index (χ0n) is 15.1. The first kappa shape index (κ1) is 18.9. The molecule has 0 nitrogen and oxygen atoms in total. The van der Waals surface area contributed by atoms with Gasteiger partial charge in [-0.05, 0) is 99.2 Å². The van der Waals surface area contributed by atoms with E-state index in [4.69, 9.17) is 11.6 Å². The highest BCUT2D eigenvalue weighted by Crippen LogP contribution is 2.44. The van der Waals surface area contributed by atoms with Crippen molar-refractivity contribution in [2.24, 2.45) is 17.8 Å². The van der Waals surface area contributed by atoms with Crippen LogP contribution in [0.25, 0.3) is 0 Å². The summed E-state index contributed by atoms with van der Waals surface area (Å²) in [4.78, 5) is 0. The van der Waals surface area contributed by atoms with E-state index in [9.17, 15) is 8.78 Å². The molecular weight excluding hydrogens is 338 g/mol. The van der Waals surface area contributed by atoms with E-state index in [-0.39, 0.29) is 17.2 Å². The van der Waals surface area contributed by atoms with Gasteiger partial charge in [0.25, 0.3) is 0 Å². The Morgan fingerprint density at radius 3 is 1.92 bits per heavy atom. The molecule has 0 saturated heterocycles. The molecule has 0 heterocycles. The highest BCUT2D eigenvalue weighted by Gasteiger charge is 2.31. The van der Waals surface area contributed by atoms with E-state index < -0.39 is 0 Å². The molecule has 0 bridgehead atoms. The molecule has 0 spiro atoms. The number of allylic oxidation sites excluding steroid dienone is 1. The van der Waals surface area contributed by atoms with Gasteiger partial charge in [-0.1, -0.05) is 24.6 Å². The van der Waals surface area contributed by atoms with Crippen LogP contribution >= 0.6 is 11.6 Å². The fourth-order valence-corrected chi connectivity index (χ4v) is 5.24. The van der Waals surface area contributed by atoms with E-state index in [0.29, 0.717) is 18.3 Å². The minimum absolute atomic E-state index is 0.222. The third kappa shape index (κ3) is 4.45. The van der Waals surface area contributed by atoms with Crippen LogP contribution in [0.2, 0.25) is 0 Å². The summed E-state index contributed by atoms with van der Waals surface area (Å²) < 4.78 is 28.2. The molecule has 2 fully saturated rings.